The highest BCUT2D eigenvalue weighted by Gasteiger charge is 2.15. The second-order valence-corrected chi connectivity index (χ2v) is 7.38. The maximum Gasteiger partial charge on any atom is 0.326 e. The lowest BCUT2D eigenvalue weighted by Crippen LogP contribution is -2.19. The summed E-state index contributed by atoms with van der Waals surface area (Å²) >= 11 is 0. The van der Waals surface area contributed by atoms with Gasteiger partial charge in [0.1, 0.15) is 12.4 Å². The molecule has 4 nitrogen and oxygen atoms in total. The third-order valence-corrected chi connectivity index (χ3v) is 4.81. The van der Waals surface area contributed by atoms with Crippen LogP contribution in [-0.4, -0.2) is 21.6 Å². The Bertz CT molecular complexity index is 1110. The van der Waals surface area contributed by atoms with Crippen LogP contribution in [0.5, 0.6) is 0 Å². The molecule has 0 amide bonds. The summed E-state index contributed by atoms with van der Waals surface area (Å²) in [5.74, 6) is 0.614. The number of carbonyl (C=O) groups is 1. The Balaban J connectivity index is 1.62. The summed E-state index contributed by atoms with van der Waals surface area (Å²) in [6.07, 6.45) is 0.518. The summed E-state index contributed by atoms with van der Waals surface area (Å²) in [7, 11) is 0. The molecule has 0 fully saturated rings. The van der Waals surface area contributed by atoms with E-state index in [0.29, 0.717) is 6.42 Å². The molecule has 4 heteroatoms. The molecule has 0 N–H and O–H groups in total. The molecule has 0 bridgehead atoms. The average Bonchev–Trinajstić information content (AvgIpc) is 3.06. The first-order valence-electron chi connectivity index (χ1n) is 9.88. The summed E-state index contributed by atoms with van der Waals surface area (Å²) in [6.45, 7) is 3.88. The van der Waals surface area contributed by atoms with Gasteiger partial charge >= 0.3 is 5.97 Å². The number of para-hydroxylation sites is 2. The van der Waals surface area contributed by atoms with Crippen molar-refractivity contribution in [2.24, 2.45) is 0 Å². The first-order valence-corrected chi connectivity index (χ1v) is 9.88. The van der Waals surface area contributed by atoms with Crippen LogP contribution >= 0.6 is 0 Å². The van der Waals surface area contributed by atoms with E-state index < -0.39 is 0 Å². The molecule has 3 aromatic carbocycles. The predicted octanol–water partition coefficient (Wildman–Crippen LogP) is 5.25. The summed E-state index contributed by atoms with van der Waals surface area (Å²) in [6, 6.07) is 26.7. The molecule has 4 aromatic rings. The highest BCUT2D eigenvalue weighted by molar-refractivity contribution is 5.79. The van der Waals surface area contributed by atoms with Gasteiger partial charge in [0.25, 0.3) is 0 Å². The van der Waals surface area contributed by atoms with Crippen molar-refractivity contribution < 1.29 is 9.53 Å². The van der Waals surface area contributed by atoms with E-state index in [9.17, 15) is 4.79 Å². The Morgan fingerprint density at radius 3 is 2.28 bits per heavy atom. The van der Waals surface area contributed by atoms with Crippen LogP contribution in [0.3, 0.4) is 0 Å². The van der Waals surface area contributed by atoms with Crippen LogP contribution in [0.4, 0.5) is 0 Å². The number of imidazole rings is 1. The smallest absolute Gasteiger partial charge is 0.326 e. The van der Waals surface area contributed by atoms with Crippen LogP contribution in [0, 0.1) is 0 Å². The minimum atomic E-state index is -0.246. The van der Waals surface area contributed by atoms with Gasteiger partial charge in [-0.3, -0.25) is 4.79 Å². The highest BCUT2D eigenvalue weighted by atomic mass is 16.5. The highest BCUT2D eigenvalue weighted by Crippen LogP contribution is 2.22. The predicted molar refractivity (Wildman–Crippen MR) is 116 cm³/mol. The molecule has 0 aliphatic carbocycles. The van der Waals surface area contributed by atoms with Crippen molar-refractivity contribution in [2.45, 2.75) is 32.9 Å². The third kappa shape index (κ3) is 4.37. The molecule has 1 aromatic heterocycles. The van der Waals surface area contributed by atoms with Crippen molar-refractivity contribution in [2.75, 3.05) is 0 Å². The Labute approximate surface area is 170 Å². The molecular weight excluding hydrogens is 360 g/mol. The van der Waals surface area contributed by atoms with Crippen molar-refractivity contribution >= 4 is 17.0 Å². The van der Waals surface area contributed by atoms with Gasteiger partial charge in [0, 0.05) is 6.42 Å². The largest absolute Gasteiger partial charge is 0.462 e. The van der Waals surface area contributed by atoms with E-state index in [0.717, 1.165) is 22.4 Å². The van der Waals surface area contributed by atoms with Crippen LogP contribution in [0.1, 0.15) is 25.2 Å². The van der Waals surface area contributed by atoms with Gasteiger partial charge in [0.15, 0.2) is 0 Å². The minimum absolute atomic E-state index is 0.133. The van der Waals surface area contributed by atoms with Crippen molar-refractivity contribution in [1.29, 1.82) is 0 Å². The van der Waals surface area contributed by atoms with E-state index >= 15 is 0 Å². The molecule has 0 saturated carbocycles. The quantitative estimate of drug-likeness (QED) is 0.427. The van der Waals surface area contributed by atoms with Gasteiger partial charge in [-0.1, -0.05) is 66.7 Å². The molecule has 1 heterocycles. The zero-order valence-corrected chi connectivity index (χ0v) is 16.7. The van der Waals surface area contributed by atoms with Crippen molar-refractivity contribution in [3.63, 3.8) is 0 Å². The van der Waals surface area contributed by atoms with Gasteiger partial charge in [-0.05, 0) is 42.7 Å². The molecule has 29 heavy (non-hydrogen) atoms. The minimum Gasteiger partial charge on any atom is -0.462 e. The van der Waals surface area contributed by atoms with Crippen molar-refractivity contribution in [3.05, 3.63) is 90.3 Å². The number of fused-ring (bicyclic) bond motifs is 1. The standard InChI is InChI=1S/C25H24N2O2/c1-18(2)29-25(28)17-27-23-11-7-6-10-22(23)26-24(27)16-19-12-14-21(15-13-19)20-8-4-3-5-9-20/h3-15,18H,16-17H2,1-2H3. The number of rotatable bonds is 6. The number of hydrogen-bond acceptors (Lipinski definition) is 3. The van der Waals surface area contributed by atoms with Crippen LogP contribution in [0.2, 0.25) is 0 Å². The third-order valence-electron chi connectivity index (χ3n) is 4.81. The van der Waals surface area contributed by atoms with E-state index in [1.54, 1.807) is 0 Å². The van der Waals surface area contributed by atoms with Crippen LogP contribution in [-0.2, 0) is 22.5 Å². The second-order valence-electron chi connectivity index (χ2n) is 7.38. The fraction of sp³-hybridized carbons (Fsp3) is 0.200. The number of ether oxygens (including phenoxy) is 1. The van der Waals surface area contributed by atoms with Gasteiger partial charge in [-0.2, -0.15) is 0 Å². The van der Waals surface area contributed by atoms with Gasteiger partial charge < -0.3 is 9.30 Å². The van der Waals surface area contributed by atoms with Gasteiger partial charge in [-0.15, -0.1) is 0 Å². The number of aromatic nitrogens is 2. The van der Waals surface area contributed by atoms with E-state index in [4.69, 9.17) is 9.72 Å². The van der Waals surface area contributed by atoms with Crippen LogP contribution in [0.25, 0.3) is 22.2 Å². The Kier molecular flexibility index (Phi) is 5.43. The number of carbonyl (C=O) groups excluding carboxylic acids is 1. The molecule has 0 aliphatic rings. The zero-order valence-electron chi connectivity index (χ0n) is 16.7. The summed E-state index contributed by atoms with van der Waals surface area (Å²) < 4.78 is 7.32. The zero-order chi connectivity index (χ0) is 20.2. The second kappa shape index (κ2) is 8.31. The lowest BCUT2D eigenvalue weighted by molar-refractivity contribution is -0.148. The summed E-state index contributed by atoms with van der Waals surface area (Å²) in [5.41, 5.74) is 5.37. The monoisotopic (exact) mass is 384 g/mol. The topological polar surface area (TPSA) is 44.1 Å². The SMILES string of the molecule is CC(C)OC(=O)Cn1c(Cc2ccc(-c3ccccc3)cc2)nc2ccccc21. The molecular formula is C25H24N2O2. The molecule has 0 spiro atoms. The first-order chi connectivity index (χ1) is 14.1. The fourth-order valence-corrected chi connectivity index (χ4v) is 3.49. The van der Waals surface area contributed by atoms with Gasteiger partial charge in [-0.25, -0.2) is 4.98 Å². The normalized spacial score (nSPS) is 11.1. The van der Waals surface area contributed by atoms with Crippen LogP contribution < -0.4 is 0 Å². The first kappa shape index (κ1) is 18.9. The molecule has 0 atom stereocenters. The molecule has 0 aliphatic heterocycles. The van der Waals surface area contributed by atoms with Crippen LogP contribution in [0.15, 0.2) is 78.9 Å². The lowest BCUT2D eigenvalue weighted by Gasteiger charge is -2.12. The number of hydrogen-bond donors (Lipinski definition) is 0. The maximum absolute atomic E-state index is 12.3. The molecule has 0 saturated heterocycles. The van der Waals surface area contributed by atoms with E-state index in [1.165, 1.54) is 11.1 Å². The Hall–Kier alpha value is -3.40. The molecule has 4 rings (SSSR count). The lowest BCUT2D eigenvalue weighted by atomic mass is 10.0. The van der Waals surface area contributed by atoms with E-state index in [1.807, 2.05) is 60.9 Å². The Morgan fingerprint density at radius 2 is 1.55 bits per heavy atom. The summed E-state index contributed by atoms with van der Waals surface area (Å²) in [4.78, 5) is 17.1. The number of nitrogens with zero attached hydrogens (tertiary/aromatic N) is 2. The molecule has 0 radical (unpaired) electrons. The van der Waals surface area contributed by atoms with E-state index in [-0.39, 0.29) is 18.6 Å². The van der Waals surface area contributed by atoms with Gasteiger partial charge in [0.2, 0.25) is 0 Å². The van der Waals surface area contributed by atoms with Crippen molar-refractivity contribution in [3.8, 4) is 11.1 Å². The maximum atomic E-state index is 12.3. The van der Waals surface area contributed by atoms with E-state index in [2.05, 4.69) is 36.4 Å². The summed E-state index contributed by atoms with van der Waals surface area (Å²) in [5, 5.41) is 0. The number of benzene rings is 3. The molecule has 0 unspecified atom stereocenters. The number of esters is 1. The van der Waals surface area contributed by atoms with Crippen molar-refractivity contribution in [1.82, 2.24) is 9.55 Å². The average molecular weight is 384 g/mol. The molecule has 146 valence electrons. The Morgan fingerprint density at radius 1 is 0.897 bits per heavy atom. The fourth-order valence-electron chi connectivity index (χ4n) is 3.49. The van der Waals surface area contributed by atoms with Gasteiger partial charge in [0.05, 0.1) is 17.1 Å².